The van der Waals surface area contributed by atoms with E-state index in [0.29, 0.717) is 13.0 Å². The van der Waals surface area contributed by atoms with E-state index in [1.165, 1.54) is 12.4 Å². The predicted molar refractivity (Wildman–Crippen MR) is 70.6 cm³/mol. The average molecular weight is 281 g/mol. The number of rotatable bonds is 6. The second-order valence-corrected chi connectivity index (χ2v) is 5.02. The van der Waals surface area contributed by atoms with Crippen LogP contribution >= 0.6 is 11.3 Å². The summed E-state index contributed by atoms with van der Waals surface area (Å²) in [5, 5.41) is 24.0. The summed E-state index contributed by atoms with van der Waals surface area (Å²) in [7, 11) is 0. The standard InChI is InChI=1S/C12H15N3O3S/c16-9(11-13-5-6-14-11)10(17)12(18)15-4-3-8-2-1-7-19-8/h1-2,5-7,9-10,16-17H,3-4H2,(H,13,14)(H,15,18)/t9-,10-/m1/s1. The molecule has 2 aromatic heterocycles. The molecule has 19 heavy (non-hydrogen) atoms. The van der Waals surface area contributed by atoms with Gasteiger partial charge in [-0.1, -0.05) is 6.07 Å². The molecule has 0 aliphatic heterocycles. The fourth-order valence-electron chi connectivity index (χ4n) is 1.60. The highest BCUT2D eigenvalue weighted by Crippen LogP contribution is 2.12. The Labute approximate surface area is 114 Å². The molecule has 2 heterocycles. The van der Waals surface area contributed by atoms with Crippen LogP contribution in [0.5, 0.6) is 0 Å². The first kappa shape index (κ1) is 13.7. The van der Waals surface area contributed by atoms with Gasteiger partial charge in [0.15, 0.2) is 6.10 Å². The Morgan fingerprint density at radius 2 is 2.37 bits per heavy atom. The highest BCUT2D eigenvalue weighted by Gasteiger charge is 2.26. The van der Waals surface area contributed by atoms with Crippen molar-refractivity contribution in [2.45, 2.75) is 18.6 Å². The van der Waals surface area contributed by atoms with Crippen LogP contribution in [-0.2, 0) is 11.2 Å². The van der Waals surface area contributed by atoms with E-state index >= 15 is 0 Å². The second-order valence-electron chi connectivity index (χ2n) is 3.98. The van der Waals surface area contributed by atoms with Crippen LogP contribution in [0.4, 0.5) is 0 Å². The molecule has 4 N–H and O–H groups in total. The number of aliphatic hydroxyl groups is 2. The molecule has 0 unspecified atom stereocenters. The van der Waals surface area contributed by atoms with Crippen molar-refractivity contribution >= 4 is 17.2 Å². The van der Waals surface area contributed by atoms with Gasteiger partial charge in [0.25, 0.3) is 5.91 Å². The number of nitrogens with zero attached hydrogens (tertiary/aromatic N) is 1. The molecule has 0 spiro atoms. The maximum Gasteiger partial charge on any atom is 0.252 e. The molecule has 0 saturated carbocycles. The number of amides is 1. The van der Waals surface area contributed by atoms with Gasteiger partial charge in [-0.15, -0.1) is 11.3 Å². The molecule has 0 bridgehead atoms. The molecule has 1 amide bonds. The quantitative estimate of drug-likeness (QED) is 0.609. The molecule has 0 aliphatic rings. The summed E-state index contributed by atoms with van der Waals surface area (Å²) < 4.78 is 0. The summed E-state index contributed by atoms with van der Waals surface area (Å²) >= 11 is 1.61. The number of thiophene rings is 1. The molecule has 0 saturated heterocycles. The number of hydrogen-bond donors (Lipinski definition) is 4. The Balaban J connectivity index is 1.79. The molecule has 0 fully saturated rings. The van der Waals surface area contributed by atoms with Gasteiger partial charge < -0.3 is 20.5 Å². The van der Waals surface area contributed by atoms with Crippen LogP contribution in [0.1, 0.15) is 16.8 Å². The summed E-state index contributed by atoms with van der Waals surface area (Å²) in [5.74, 6) is -0.443. The Hall–Kier alpha value is -1.70. The smallest absolute Gasteiger partial charge is 0.252 e. The third kappa shape index (κ3) is 3.63. The first-order chi connectivity index (χ1) is 9.18. The highest BCUT2D eigenvalue weighted by molar-refractivity contribution is 7.09. The number of carbonyl (C=O) groups excluding carboxylic acids is 1. The molecular weight excluding hydrogens is 266 g/mol. The number of imidazole rings is 1. The van der Waals surface area contributed by atoms with Crippen molar-refractivity contribution in [1.82, 2.24) is 15.3 Å². The monoisotopic (exact) mass is 281 g/mol. The first-order valence-electron chi connectivity index (χ1n) is 5.84. The molecule has 2 rings (SSSR count). The molecule has 0 aliphatic carbocycles. The minimum atomic E-state index is -1.53. The Morgan fingerprint density at radius 3 is 3.00 bits per heavy atom. The normalized spacial score (nSPS) is 14.0. The van der Waals surface area contributed by atoms with E-state index in [1.807, 2.05) is 17.5 Å². The SMILES string of the molecule is O=C(NCCc1cccs1)[C@H](O)[C@@H](O)c1ncc[nH]1. The van der Waals surface area contributed by atoms with Gasteiger partial charge in [0, 0.05) is 23.8 Å². The van der Waals surface area contributed by atoms with Gasteiger partial charge in [-0.25, -0.2) is 4.98 Å². The maximum atomic E-state index is 11.6. The number of aromatic amines is 1. The number of nitrogens with one attached hydrogen (secondary N) is 2. The van der Waals surface area contributed by atoms with Crippen LogP contribution in [0.15, 0.2) is 29.9 Å². The van der Waals surface area contributed by atoms with E-state index in [2.05, 4.69) is 15.3 Å². The first-order valence-corrected chi connectivity index (χ1v) is 6.72. The van der Waals surface area contributed by atoms with E-state index in [1.54, 1.807) is 11.3 Å². The molecule has 0 radical (unpaired) electrons. The summed E-state index contributed by atoms with van der Waals surface area (Å²) in [4.78, 5) is 19.3. The van der Waals surface area contributed by atoms with Gasteiger partial charge in [-0.05, 0) is 17.9 Å². The molecule has 102 valence electrons. The van der Waals surface area contributed by atoms with Gasteiger partial charge in [0.2, 0.25) is 0 Å². The van der Waals surface area contributed by atoms with Crippen LogP contribution in [0, 0.1) is 0 Å². The van der Waals surface area contributed by atoms with Gasteiger partial charge >= 0.3 is 0 Å². The molecule has 6 nitrogen and oxygen atoms in total. The van der Waals surface area contributed by atoms with Crippen molar-refractivity contribution in [2.75, 3.05) is 6.54 Å². The van der Waals surface area contributed by atoms with Gasteiger partial charge in [-0.2, -0.15) is 0 Å². The fourth-order valence-corrected chi connectivity index (χ4v) is 2.31. The molecule has 0 aromatic carbocycles. The van der Waals surface area contributed by atoms with Gasteiger partial charge in [0.1, 0.15) is 11.9 Å². The molecule has 2 atom stereocenters. The van der Waals surface area contributed by atoms with E-state index < -0.39 is 18.1 Å². The minimum Gasteiger partial charge on any atom is -0.382 e. The Kier molecular flexibility index (Phi) is 4.67. The minimum absolute atomic E-state index is 0.168. The van der Waals surface area contributed by atoms with Gasteiger partial charge in [-0.3, -0.25) is 4.79 Å². The van der Waals surface area contributed by atoms with Crippen molar-refractivity contribution in [1.29, 1.82) is 0 Å². The third-order valence-corrected chi connectivity index (χ3v) is 3.55. The van der Waals surface area contributed by atoms with E-state index in [-0.39, 0.29) is 5.82 Å². The molecular formula is C12H15N3O3S. The zero-order valence-electron chi connectivity index (χ0n) is 10.1. The van der Waals surface area contributed by atoms with E-state index in [4.69, 9.17) is 0 Å². The van der Waals surface area contributed by atoms with Crippen molar-refractivity contribution in [2.24, 2.45) is 0 Å². The van der Waals surface area contributed by atoms with Gasteiger partial charge in [0.05, 0.1) is 0 Å². The van der Waals surface area contributed by atoms with E-state index in [0.717, 1.165) is 4.88 Å². The lowest BCUT2D eigenvalue weighted by Crippen LogP contribution is -2.39. The van der Waals surface area contributed by atoms with Crippen LogP contribution in [0.2, 0.25) is 0 Å². The number of hydrogen-bond acceptors (Lipinski definition) is 5. The topological polar surface area (TPSA) is 98.2 Å². The average Bonchev–Trinajstić information content (AvgIpc) is 3.09. The van der Waals surface area contributed by atoms with Crippen molar-refractivity contribution < 1.29 is 15.0 Å². The summed E-state index contributed by atoms with van der Waals surface area (Å²) in [5.41, 5.74) is 0. The lowest BCUT2D eigenvalue weighted by atomic mass is 10.2. The van der Waals surface area contributed by atoms with Crippen molar-refractivity contribution in [3.05, 3.63) is 40.6 Å². The summed E-state index contributed by atoms with van der Waals surface area (Å²) in [6.07, 6.45) is 0.777. The maximum absolute atomic E-state index is 11.6. The zero-order chi connectivity index (χ0) is 13.7. The van der Waals surface area contributed by atoms with E-state index in [9.17, 15) is 15.0 Å². The molecule has 7 heteroatoms. The summed E-state index contributed by atoms with van der Waals surface area (Å²) in [6.45, 7) is 0.418. The Bertz CT molecular complexity index is 498. The number of aliphatic hydroxyl groups excluding tert-OH is 2. The van der Waals surface area contributed by atoms with Crippen molar-refractivity contribution in [3.8, 4) is 0 Å². The fraction of sp³-hybridized carbons (Fsp3) is 0.333. The van der Waals surface area contributed by atoms with Crippen LogP contribution < -0.4 is 5.32 Å². The van der Waals surface area contributed by atoms with Crippen LogP contribution in [0.3, 0.4) is 0 Å². The van der Waals surface area contributed by atoms with Crippen LogP contribution in [0.25, 0.3) is 0 Å². The van der Waals surface area contributed by atoms with Crippen molar-refractivity contribution in [3.63, 3.8) is 0 Å². The summed E-state index contributed by atoms with van der Waals surface area (Å²) in [6, 6.07) is 3.92. The lowest BCUT2D eigenvalue weighted by Gasteiger charge is -2.15. The third-order valence-electron chi connectivity index (χ3n) is 2.62. The highest BCUT2D eigenvalue weighted by atomic mass is 32.1. The number of H-pyrrole nitrogens is 1. The number of aromatic nitrogens is 2. The molecule has 2 aromatic rings. The largest absolute Gasteiger partial charge is 0.382 e. The van der Waals surface area contributed by atoms with Crippen LogP contribution in [-0.4, -0.2) is 38.7 Å². The lowest BCUT2D eigenvalue weighted by molar-refractivity contribution is -0.135. The second kappa shape index (κ2) is 6.46. The number of carbonyl (C=O) groups is 1. The predicted octanol–water partition coefficient (Wildman–Crippen LogP) is 0.224. The zero-order valence-corrected chi connectivity index (χ0v) is 10.9. The Morgan fingerprint density at radius 1 is 1.53 bits per heavy atom.